The van der Waals surface area contributed by atoms with Crippen molar-refractivity contribution < 1.29 is 14.4 Å². The van der Waals surface area contributed by atoms with Crippen LogP contribution in [0.1, 0.15) is 34.6 Å². The maximum Gasteiger partial charge on any atom is 0.255 e. The second kappa shape index (κ2) is 11.1. The van der Waals surface area contributed by atoms with Crippen LogP contribution in [0.5, 0.6) is 0 Å². The van der Waals surface area contributed by atoms with Crippen molar-refractivity contribution in [2.24, 2.45) is 11.7 Å². The molecule has 0 saturated heterocycles. The number of anilines is 2. The van der Waals surface area contributed by atoms with E-state index in [1.165, 1.54) is 0 Å². The number of amides is 3. The molecule has 0 aliphatic rings. The van der Waals surface area contributed by atoms with Gasteiger partial charge in [0.05, 0.1) is 11.3 Å². The average molecular weight is 405 g/mol. The van der Waals surface area contributed by atoms with Crippen LogP contribution in [0.15, 0.2) is 48.5 Å². The van der Waals surface area contributed by atoms with Crippen LogP contribution >= 0.6 is 12.4 Å². The molecule has 7 nitrogen and oxygen atoms in total. The molecule has 0 heterocycles. The minimum Gasteiger partial charge on any atom is -0.351 e. The molecule has 3 amide bonds. The Hall–Kier alpha value is -2.90. The summed E-state index contributed by atoms with van der Waals surface area (Å²) < 4.78 is 0. The molecule has 2 aromatic rings. The Labute approximate surface area is 170 Å². The maximum atomic E-state index is 12.5. The molecule has 0 aromatic heterocycles. The van der Waals surface area contributed by atoms with Gasteiger partial charge in [-0.25, -0.2) is 0 Å². The number of carbonyl (C=O) groups is 3. The number of para-hydroxylation sites is 1. The largest absolute Gasteiger partial charge is 0.351 e. The van der Waals surface area contributed by atoms with Gasteiger partial charge in [0, 0.05) is 30.3 Å². The van der Waals surface area contributed by atoms with E-state index in [-0.39, 0.29) is 36.0 Å². The van der Waals surface area contributed by atoms with Crippen molar-refractivity contribution in [1.29, 1.82) is 0 Å². The lowest BCUT2D eigenvalue weighted by molar-refractivity contribution is -0.118. The van der Waals surface area contributed by atoms with Crippen LogP contribution < -0.4 is 21.7 Å². The van der Waals surface area contributed by atoms with Crippen molar-refractivity contribution in [2.75, 3.05) is 23.7 Å². The second-order valence-electron chi connectivity index (χ2n) is 6.27. The van der Waals surface area contributed by atoms with Gasteiger partial charge in [-0.2, -0.15) is 0 Å². The monoisotopic (exact) mass is 404 g/mol. The molecule has 28 heavy (non-hydrogen) atoms. The third kappa shape index (κ3) is 6.37. The van der Waals surface area contributed by atoms with Crippen LogP contribution in [-0.4, -0.2) is 30.8 Å². The lowest BCUT2D eigenvalue weighted by atomic mass is 10.1. The summed E-state index contributed by atoms with van der Waals surface area (Å²) in [5.74, 6) is -0.876. The van der Waals surface area contributed by atoms with Gasteiger partial charge in [-0.1, -0.05) is 26.0 Å². The van der Waals surface area contributed by atoms with Gasteiger partial charge in [0.15, 0.2) is 0 Å². The molecule has 0 bridgehead atoms. The number of hydrogen-bond acceptors (Lipinski definition) is 4. The summed E-state index contributed by atoms with van der Waals surface area (Å²) in [7, 11) is 0. The second-order valence-corrected chi connectivity index (χ2v) is 6.27. The van der Waals surface area contributed by atoms with Crippen LogP contribution in [0.25, 0.3) is 0 Å². The smallest absolute Gasteiger partial charge is 0.255 e. The fraction of sp³-hybridized carbons (Fsp3) is 0.250. The Kier molecular flexibility index (Phi) is 9.14. The number of nitrogens with one attached hydrogen (secondary N) is 3. The van der Waals surface area contributed by atoms with Crippen molar-refractivity contribution in [3.63, 3.8) is 0 Å². The first-order valence-corrected chi connectivity index (χ1v) is 8.72. The Balaban J connectivity index is 0.00000392. The molecule has 0 atom stereocenters. The van der Waals surface area contributed by atoms with Gasteiger partial charge in [0.2, 0.25) is 5.91 Å². The molecule has 150 valence electrons. The number of nitrogens with two attached hydrogens (primary N) is 1. The zero-order valence-electron chi connectivity index (χ0n) is 15.8. The Morgan fingerprint density at radius 1 is 0.929 bits per heavy atom. The van der Waals surface area contributed by atoms with E-state index in [9.17, 15) is 14.4 Å². The summed E-state index contributed by atoms with van der Waals surface area (Å²) in [5, 5.41) is 8.19. The highest BCUT2D eigenvalue weighted by Crippen LogP contribution is 2.17. The molecule has 2 aromatic carbocycles. The molecular weight excluding hydrogens is 380 g/mol. The first kappa shape index (κ1) is 23.1. The summed E-state index contributed by atoms with van der Waals surface area (Å²) in [6.45, 7) is 4.29. The zero-order valence-corrected chi connectivity index (χ0v) is 16.6. The minimum absolute atomic E-state index is 0. The molecule has 0 unspecified atom stereocenters. The summed E-state index contributed by atoms with van der Waals surface area (Å²) in [4.78, 5) is 36.4. The van der Waals surface area contributed by atoms with Crippen molar-refractivity contribution in [1.82, 2.24) is 5.32 Å². The predicted octanol–water partition coefficient (Wildman–Crippen LogP) is 2.64. The van der Waals surface area contributed by atoms with Crippen LogP contribution in [0.4, 0.5) is 11.4 Å². The van der Waals surface area contributed by atoms with E-state index in [4.69, 9.17) is 5.73 Å². The highest BCUT2D eigenvalue weighted by Gasteiger charge is 2.14. The van der Waals surface area contributed by atoms with E-state index in [0.29, 0.717) is 35.6 Å². The van der Waals surface area contributed by atoms with E-state index in [1.807, 2.05) is 0 Å². The Bertz CT molecular complexity index is 822. The van der Waals surface area contributed by atoms with E-state index in [1.54, 1.807) is 62.4 Å². The summed E-state index contributed by atoms with van der Waals surface area (Å²) in [5.41, 5.74) is 7.20. The molecule has 0 spiro atoms. The molecule has 8 heteroatoms. The fourth-order valence-electron chi connectivity index (χ4n) is 2.26. The Morgan fingerprint density at radius 3 is 2.18 bits per heavy atom. The normalized spacial score (nSPS) is 10.0. The van der Waals surface area contributed by atoms with E-state index >= 15 is 0 Å². The van der Waals surface area contributed by atoms with E-state index in [0.717, 1.165) is 0 Å². The molecule has 0 aliphatic heterocycles. The number of carbonyl (C=O) groups excluding carboxylic acids is 3. The molecule has 0 aliphatic carbocycles. The van der Waals surface area contributed by atoms with E-state index < -0.39 is 0 Å². The third-order valence-electron chi connectivity index (χ3n) is 3.79. The van der Waals surface area contributed by atoms with Crippen molar-refractivity contribution in [3.05, 3.63) is 59.7 Å². The third-order valence-corrected chi connectivity index (χ3v) is 3.79. The number of halogens is 1. The standard InChI is InChI=1S/C20H24N4O3.ClH/c1-13(2)18(25)23-15-9-7-14(8-10-15)19(26)24-17-6-4-3-5-16(17)20(27)22-12-11-21;/h3-10,13H,11-12,21H2,1-2H3,(H,22,27)(H,23,25)(H,24,26);1H. The molecular formula is C20H25ClN4O3. The predicted molar refractivity (Wildman–Crippen MR) is 113 cm³/mol. The maximum absolute atomic E-state index is 12.5. The lowest BCUT2D eigenvalue weighted by Crippen LogP contribution is -2.30. The van der Waals surface area contributed by atoms with Crippen LogP contribution in [0.2, 0.25) is 0 Å². The van der Waals surface area contributed by atoms with E-state index in [2.05, 4.69) is 16.0 Å². The van der Waals surface area contributed by atoms with Gasteiger partial charge in [-0.15, -0.1) is 12.4 Å². The fourth-order valence-corrected chi connectivity index (χ4v) is 2.26. The summed E-state index contributed by atoms with van der Waals surface area (Å²) >= 11 is 0. The van der Waals surface area contributed by atoms with Crippen LogP contribution in [0.3, 0.4) is 0 Å². The SMILES string of the molecule is CC(C)C(=O)Nc1ccc(C(=O)Nc2ccccc2C(=O)NCCN)cc1.Cl. The summed E-state index contributed by atoms with van der Waals surface area (Å²) in [6.07, 6.45) is 0. The number of hydrogen-bond donors (Lipinski definition) is 4. The molecule has 5 N–H and O–H groups in total. The first-order chi connectivity index (χ1) is 12.9. The highest BCUT2D eigenvalue weighted by molar-refractivity contribution is 6.09. The van der Waals surface area contributed by atoms with Crippen LogP contribution in [-0.2, 0) is 4.79 Å². The molecule has 0 radical (unpaired) electrons. The molecule has 0 saturated carbocycles. The summed E-state index contributed by atoms with van der Waals surface area (Å²) in [6, 6.07) is 13.3. The first-order valence-electron chi connectivity index (χ1n) is 8.72. The number of benzene rings is 2. The van der Waals surface area contributed by atoms with Crippen LogP contribution in [0, 0.1) is 5.92 Å². The van der Waals surface area contributed by atoms with Gasteiger partial charge in [-0.05, 0) is 36.4 Å². The molecule has 0 fully saturated rings. The van der Waals surface area contributed by atoms with Gasteiger partial charge in [0.25, 0.3) is 11.8 Å². The van der Waals surface area contributed by atoms with Gasteiger partial charge in [0.1, 0.15) is 0 Å². The van der Waals surface area contributed by atoms with Gasteiger partial charge < -0.3 is 21.7 Å². The van der Waals surface area contributed by atoms with Crippen molar-refractivity contribution in [3.8, 4) is 0 Å². The molecule has 2 rings (SSSR count). The lowest BCUT2D eigenvalue weighted by Gasteiger charge is -2.12. The topological polar surface area (TPSA) is 113 Å². The highest BCUT2D eigenvalue weighted by atomic mass is 35.5. The van der Waals surface area contributed by atoms with Crippen molar-refractivity contribution >= 4 is 41.5 Å². The minimum atomic E-state index is -0.351. The van der Waals surface area contributed by atoms with Gasteiger partial charge in [-0.3, -0.25) is 14.4 Å². The van der Waals surface area contributed by atoms with Gasteiger partial charge >= 0.3 is 0 Å². The zero-order chi connectivity index (χ0) is 19.8. The average Bonchev–Trinajstić information content (AvgIpc) is 2.67. The van der Waals surface area contributed by atoms with Crippen molar-refractivity contribution in [2.45, 2.75) is 13.8 Å². The quantitative estimate of drug-likeness (QED) is 0.568. The number of rotatable bonds is 7. The Morgan fingerprint density at radius 2 is 1.57 bits per heavy atom.